The Hall–Kier alpha value is -1.58. The van der Waals surface area contributed by atoms with Crippen LogP contribution in [0, 0.1) is 13.8 Å². The molecule has 0 saturated heterocycles. The van der Waals surface area contributed by atoms with Crippen LogP contribution in [-0.4, -0.2) is 5.11 Å². The van der Waals surface area contributed by atoms with Gasteiger partial charge >= 0.3 is 0 Å². The highest BCUT2D eigenvalue weighted by atomic mass is 35.5. The molecule has 2 rings (SSSR count). The fourth-order valence-corrected chi connectivity index (χ4v) is 2.71. The van der Waals surface area contributed by atoms with Gasteiger partial charge in [0.15, 0.2) is 5.11 Å². The van der Waals surface area contributed by atoms with Crippen molar-refractivity contribution in [3.05, 3.63) is 64.2 Å². The van der Waals surface area contributed by atoms with Gasteiger partial charge in [-0.2, -0.15) is 0 Å². The second-order valence-electron chi connectivity index (χ2n) is 5.38. The number of rotatable bonds is 4. The van der Waals surface area contributed by atoms with Gasteiger partial charge in [-0.1, -0.05) is 54.4 Å². The van der Waals surface area contributed by atoms with Crippen molar-refractivity contribution in [1.82, 2.24) is 5.32 Å². The zero-order valence-electron chi connectivity index (χ0n) is 13.1. The Morgan fingerprint density at radius 1 is 1.14 bits per heavy atom. The number of hydrogen-bond donors (Lipinski definition) is 2. The Kier molecular flexibility index (Phi) is 5.81. The molecular formula is C18H21ClN2S. The minimum Gasteiger partial charge on any atom is -0.356 e. The van der Waals surface area contributed by atoms with Crippen molar-refractivity contribution >= 4 is 34.6 Å². The fourth-order valence-electron chi connectivity index (χ4n) is 2.28. The van der Waals surface area contributed by atoms with Gasteiger partial charge in [0.25, 0.3) is 0 Å². The molecule has 0 heterocycles. The van der Waals surface area contributed by atoms with Crippen LogP contribution in [0.25, 0.3) is 0 Å². The third-order valence-electron chi connectivity index (χ3n) is 3.71. The van der Waals surface area contributed by atoms with Crippen LogP contribution in [-0.2, 0) is 0 Å². The van der Waals surface area contributed by atoms with E-state index in [2.05, 4.69) is 48.7 Å². The van der Waals surface area contributed by atoms with E-state index in [1.165, 1.54) is 11.1 Å². The highest BCUT2D eigenvalue weighted by Crippen LogP contribution is 2.23. The first kappa shape index (κ1) is 16.8. The number of anilines is 1. The van der Waals surface area contributed by atoms with Gasteiger partial charge in [-0.25, -0.2) is 0 Å². The van der Waals surface area contributed by atoms with Crippen molar-refractivity contribution in [3.8, 4) is 0 Å². The molecule has 0 aliphatic carbocycles. The molecule has 4 heteroatoms. The lowest BCUT2D eigenvalue weighted by Crippen LogP contribution is -2.32. The van der Waals surface area contributed by atoms with E-state index in [9.17, 15) is 0 Å². The number of thiocarbonyl (C=S) groups is 1. The van der Waals surface area contributed by atoms with Crippen LogP contribution in [0.3, 0.4) is 0 Å². The second kappa shape index (κ2) is 7.61. The largest absolute Gasteiger partial charge is 0.356 e. The highest BCUT2D eigenvalue weighted by molar-refractivity contribution is 7.80. The van der Waals surface area contributed by atoms with Crippen LogP contribution in [0.2, 0.25) is 5.02 Å². The van der Waals surface area contributed by atoms with Crippen LogP contribution in [0.15, 0.2) is 42.5 Å². The molecule has 0 fully saturated rings. The van der Waals surface area contributed by atoms with Gasteiger partial charge in [0.2, 0.25) is 0 Å². The lowest BCUT2D eigenvalue weighted by atomic mass is 10.0. The van der Waals surface area contributed by atoms with E-state index >= 15 is 0 Å². The first-order valence-electron chi connectivity index (χ1n) is 7.40. The fraction of sp³-hybridized carbons (Fsp3) is 0.278. The molecule has 0 aromatic heterocycles. The Morgan fingerprint density at radius 3 is 2.45 bits per heavy atom. The van der Waals surface area contributed by atoms with Gasteiger partial charge in [0, 0.05) is 10.7 Å². The molecule has 116 valence electrons. The van der Waals surface area contributed by atoms with Gasteiger partial charge < -0.3 is 10.6 Å². The van der Waals surface area contributed by atoms with Crippen LogP contribution in [0.4, 0.5) is 5.69 Å². The third kappa shape index (κ3) is 4.21. The van der Waals surface area contributed by atoms with Gasteiger partial charge in [0.1, 0.15) is 0 Å². The molecule has 0 unspecified atom stereocenters. The zero-order chi connectivity index (χ0) is 16.1. The van der Waals surface area contributed by atoms with Crippen LogP contribution in [0.5, 0.6) is 0 Å². The van der Waals surface area contributed by atoms with E-state index in [-0.39, 0.29) is 6.04 Å². The van der Waals surface area contributed by atoms with Crippen LogP contribution in [0.1, 0.15) is 36.1 Å². The number of halogens is 1. The van der Waals surface area contributed by atoms with Gasteiger partial charge in [-0.3, -0.25) is 0 Å². The molecular weight excluding hydrogens is 312 g/mol. The summed E-state index contributed by atoms with van der Waals surface area (Å²) in [6.07, 6.45) is 0.958. The minimum absolute atomic E-state index is 0.195. The van der Waals surface area contributed by atoms with Crippen molar-refractivity contribution in [2.45, 2.75) is 33.2 Å². The molecule has 0 radical (unpaired) electrons. The Morgan fingerprint density at radius 2 is 1.82 bits per heavy atom. The van der Waals surface area contributed by atoms with Crippen molar-refractivity contribution in [2.24, 2.45) is 0 Å². The minimum atomic E-state index is 0.195. The summed E-state index contributed by atoms with van der Waals surface area (Å²) in [6.45, 7) is 6.21. The van der Waals surface area contributed by atoms with Crippen LogP contribution < -0.4 is 10.6 Å². The maximum atomic E-state index is 6.14. The molecule has 0 bridgehead atoms. The van der Waals surface area contributed by atoms with Crippen molar-refractivity contribution in [3.63, 3.8) is 0 Å². The first-order chi connectivity index (χ1) is 10.5. The molecule has 2 aromatic rings. The lowest BCUT2D eigenvalue weighted by molar-refractivity contribution is 0.629. The summed E-state index contributed by atoms with van der Waals surface area (Å²) in [4.78, 5) is 0. The maximum absolute atomic E-state index is 6.14. The predicted molar refractivity (Wildman–Crippen MR) is 99.8 cm³/mol. The normalized spacial score (nSPS) is 11.8. The quantitative estimate of drug-likeness (QED) is 0.733. The average Bonchev–Trinajstić information content (AvgIpc) is 2.50. The number of hydrogen-bond acceptors (Lipinski definition) is 1. The molecule has 22 heavy (non-hydrogen) atoms. The summed E-state index contributed by atoms with van der Waals surface area (Å²) in [6, 6.07) is 14.5. The molecule has 0 saturated carbocycles. The van der Waals surface area contributed by atoms with Gasteiger partial charge in [-0.05, 0) is 55.7 Å². The first-order valence-corrected chi connectivity index (χ1v) is 8.19. The van der Waals surface area contributed by atoms with E-state index in [0.717, 1.165) is 22.7 Å². The Balaban J connectivity index is 2.06. The number of benzene rings is 2. The van der Waals surface area contributed by atoms with E-state index in [4.69, 9.17) is 23.8 Å². The van der Waals surface area contributed by atoms with Crippen molar-refractivity contribution < 1.29 is 0 Å². The lowest BCUT2D eigenvalue weighted by Gasteiger charge is -2.21. The Bertz CT molecular complexity index is 653. The second-order valence-corrected chi connectivity index (χ2v) is 6.20. The zero-order valence-corrected chi connectivity index (χ0v) is 14.7. The topological polar surface area (TPSA) is 24.1 Å². The van der Waals surface area contributed by atoms with E-state index in [0.29, 0.717) is 5.11 Å². The highest BCUT2D eigenvalue weighted by Gasteiger charge is 2.11. The molecule has 0 aliphatic rings. The van der Waals surface area contributed by atoms with Crippen LogP contribution >= 0.6 is 23.8 Å². The molecule has 0 spiro atoms. The molecule has 2 N–H and O–H groups in total. The molecule has 0 amide bonds. The van der Waals surface area contributed by atoms with Crippen molar-refractivity contribution in [2.75, 3.05) is 5.32 Å². The molecule has 1 atom stereocenters. The monoisotopic (exact) mass is 332 g/mol. The summed E-state index contributed by atoms with van der Waals surface area (Å²) in [7, 11) is 0. The summed E-state index contributed by atoms with van der Waals surface area (Å²) in [5.74, 6) is 0. The molecule has 0 aliphatic heterocycles. The smallest absolute Gasteiger partial charge is 0.171 e. The van der Waals surface area contributed by atoms with E-state index in [1.54, 1.807) is 0 Å². The molecule has 2 aromatic carbocycles. The molecule has 2 nitrogen and oxygen atoms in total. The van der Waals surface area contributed by atoms with Gasteiger partial charge in [-0.15, -0.1) is 0 Å². The maximum Gasteiger partial charge on any atom is 0.171 e. The predicted octanol–water partition coefficient (Wildman–Crippen LogP) is 5.39. The average molecular weight is 333 g/mol. The van der Waals surface area contributed by atoms with Crippen molar-refractivity contribution in [1.29, 1.82) is 0 Å². The SMILES string of the molecule is CC[C@@H](NC(=S)Nc1cccc(Cl)c1C)c1ccc(C)cc1. The summed E-state index contributed by atoms with van der Waals surface area (Å²) < 4.78 is 0. The van der Waals surface area contributed by atoms with Gasteiger partial charge in [0.05, 0.1) is 6.04 Å². The standard InChI is InChI=1S/C18H21ClN2S/c1-4-16(14-10-8-12(2)9-11-14)20-18(22)21-17-7-5-6-15(19)13(17)3/h5-11,16H,4H2,1-3H3,(H2,20,21,22)/t16-/m1/s1. The Labute approximate surface area is 142 Å². The third-order valence-corrected chi connectivity index (χ3v) is 4.34. The van der Waals surface area contributed by atoms with E-state index < -0.39 is 0 Å². The number of aryl methyl sites for hydroxylation is 1. The summed E-state index contributed by atoms with van der Waals surface area (Å²) in [5, 5.41) is 7.95. The summed E-state index contributed by atoms with van der Waals surface area (Å²) in [5.41, 5.74) is 4.43. The summed E-state index contributed by atoms with van der Waals surface area (Å²) >= 11 is 11.6. The number of nitrogens with one attached hydrogen (secondary N) is 2. The van der Waals surface area contributed by atoms with E-state index in [1.807, 2.05) is 25.1 Å².